The Bertz CT molecular complexity index is 751. The van der Waals surface area contributed by atoms with Gasteiger partial charge in [-0.3, -0.25) is 0 Å². The highest BCUT2D eigenvalue weighted by Gasteiger charge is 2.14. The van der Waals surface area contributed by atoms with Crippen LogP contribution in [0.5, 0.6) is 0 Å². The summed E-state index contributed by atoms with van der Waals surface area (Å²) >= 11 is 0. The SMILES string of the molecule is Cc1occc1C(N)c1ccc2[nH]c(=O)[nH]c2c1. The summed E-state index contributed by atoms with van der Waals surface area (Å²) in [7, 11) is 0. The largest absolute Gasteiger partial charge is 0.469 e. The fourth-order valence-corrected chi connectivity index (χ4v) is 2.14. The summed E-state index contributed by atoms with van der Waals surface area (Å²) in [5.41, 5.74) is 9.40. The van der Waals surface area contributed by atoms with Gasteiger partial charge in [-0.2, -0.15) is 0 Å². The van der Waals surface area contributed by atoms with Gasteiger partial charge in [0.25, 0.3) is 0 Å². The van der Waals surface area contributed by atoms with Gasteiger partial charge in [0.15, 0.2) is 0 Å². The molecule has 3 rings (SSSR count). The van der Waals surface area contributed by atoms with Crippen LogP contribution in [0.4, 0.5) is 0 Å². The van der Waals surface area contributed by atoms with Gasteiger partial charge in [-0.05, 0) is 30.7 Å². The molecule has 5 nitrogen and oxygen atoms in total. The zero-order valence-corrected chi connectivity index (χ0v) is 9.86. The van der Waals surface area contributed by atoms with Crippen molar-refractivity contribution < 1.29 is 4.42 Å². The van der Waals surface area contributed by atoms with E-state index in [4.69, 9.17) is 10.2 Å². The number of benzene rings is 1. The molecule has 0 spiro atoms. The molecule has 0 aliphatic carbocycles. The number of hydrogen-bond donors (Lipinski definition) is 3. The van der Waals surface area contributed by atoms with E-state index in [-0.39, 0.29) is 11.7 Å². The van der Waals surface area contributed by atoms with Crippen molar-refractivity contribution in [3.8, 4) is 0 Å². The number of nitrogens with two attached hydrogens (primary N) is 1. The highest BCUT2D eigenvalue weighted by Crippen LogP contribution is 2.24. The lowest BCUT2D eigenvalue weighted by Gasteiger charge is -2.11. The third kappa shape index (κ3) is 1.65. The van der Waals surface area contributed by atoms with Crippen LogP contribution in [0, 0.1) is 6.92 Å². The Kier molecular flexibility index (Phi) is 2.34. The first-order valence-corrected chi connectivity index (χ1v) is 5.66. The van der Waals surface area contributed by atoms with E-state index < -0.39 is 0 Å². The van der Waals surface area contributed by atoms with Gasteiger partial charge in [0.05, 0.1) is 23.3 Å². The van der Waals surface area contributed by atoms with E-state index in [0.29, 0.717) is 0 Å². The molecule has 0 aliphatic rings. The van der Waals surface area contributed by atoms with Gasteiger partial charge in [0.1, 0.15) is 5.76 Å². The number of rotatable bonds is 2. The lowest BCUT2D eigenvalue weighted by Crippen LogP contribution is -2.11. The third-order valence-corrected chi connectivity index (χ3v) is 3.13. The zero-order chi connectivity index (χ0) is 12.7. The smallest absolute Gasteiger partial charge is 0.323 e. The molecule has 92 valence electrons. The molecule has 3 aromatic rings. The number of H-pyrrole nitrogens is 2. The summed E-state index contributed by atoms with van der Waals surface area (Å²) in [5.74, 6) is 0.810. The lowest BCUT2D eigenvalue weighted by molar-refractivity contribution is 0.527. The van der Waals surface area contributed by atoms with Crippen molar-refractivity contribution in [3.05, 3.63) is 57.9 Å². The molecule has 1 unspecified atom stereocenters. The van der Waals surface area contributed by atoms with Crippen LogP contribution in [0.1, 0.15) is 22.9 Å². The van der Waals surface area contributed by atoms with E-state index in [0.717, 1.165) is 27.9 Å². The summed E-state index contributed by atoms with van der Waals surface area (Å²) in [6.07, 6.45) is 1.63. The Morgan fingerprint density at radius 3 is 2.72 bits per heavy atom. The molecule has 0 saturated heterocycles. The first kappa shape index (κ1) is 10.9. The number of aryl methyl sites for hydroxylation is 1. The molecule has 0 aliphatic heterocycles. The topological polar surface area (TPSA) is 87.8 Å². The van der Waals surface area contributed by atoms with Gasteiger partial charge in [-0.15, -0.1) is 0 Å². The maximum absolute atomic E-state index is 11.2. The monoisotopic (exact) mass is 243 g/mol. The third-order valence-electron chi connectivity index (χ3n) is 3.13. The normalized spacial score (nSPS) is 13.0. The number of aromatic amines is 2. The highest BCUT2D eigenvalue weighted by atomic mass is 16.3. The van der Waals surface area contributed by atoms with Crippen molar-refractivity contribution >= 4 is 11.0 Å². The Morgan fingerprint density at radius 2 is 2.00 bits per heavy atom. The molecule has 0 fully saturated rings. The Labute approximate surface area is 103 Å². The minimum atomic E-state index is -0.258. The first-order chi connectivity index (χ1) is 8.65. The molecule has 2 aromatic heterocycles. The molecule has 4 N–H and O–H groups in total. The average Bonchev–Trinajstić information content (AvgIpc) is 2.91. The van der Waals surface area contributed by atoms with Gasteiger partial charge < -0.3 is 20.1 Å². The molecule has 1 aromatic carbocycles. The number of hydrogen-bond acceptors (Lipinski definition) is 3. The van der Waals surface area contributed by atoms with Gasteiger partial charge >= 0.3 is 5.69 Å². The van der Waals surface area contributed by atoms with Gasteiger partial charge in [0, 0.05) is 5.56 Å². The van der Waals surface area contributed by atoms with Crippen molar-refractivity contribution in [2.45, 2.75) is 13.0 Å². The quantitative estimate of drug-likeness (QED) is 0.641. The van der Waals surface area contributed by atoms with Crippen LogP contribution < -0.4 is 11.4 Å². The molecule has 0 bridgehead atoms. The second-order valence-corrected chi connectivity index (χ2v) is 4.29. The van der Waals surface area contributed by atoms with E-state index in [1.165, 1.54) is 0 Å². The molecule has 18 heavy (non-hydrogen) atoms. The highest BCUT2D eigenvalue weighted by molar-refractivity contribution is 5.75. The fraction of sp³-hybridized carbons (Fsp3) is 0.154. The summed E-state index contributed by atoms with van der Waals surface area (Å²) in [6, 6.07) is 7.24. The van der Waals surface area contributed by atoms with E-state index in [2.05, 4.69) is 9.97 Å². The zero-order valence-electron chi connectivity index (χ0n) is 9.86. The summed E-state index contributed by atoms with van der Waals surface area (Å²) in [5, 5.41) is 0. The van der Waals surface area contributed by atoms with Crippen LogP contribution in [0.2, 0.25) is 0 Å². The van der Waals surface area contributed by atoms with Gasteiger partial charge in [0.2, 0.25) is 0 Å². The number of aromatic nitrogens is 2. The number of nitrogens with one attached hydrogen (secondary N) is 2. The molecular weight excluding hydrogens is 230 g/mol. The number of furan rings is 1. The molecule has 0 amide bonds. The second kappa shape index (κ2) is 3.89. The Balaban J connectivity index is 2.09. The second-order valence-electron chi connectivity index (χ2n) is 4.29. The van der Waals surface area contributed by atoms with E-state index in [9.17, 15) is 4.79 Å². The maximum Gasteiger partial charge on any atom is 0.323 e. The minimum Gasteiger partial charge on any atom is -0.469 e. The minimum absolute atomic E-state index is 0.213. The van der Waals surface area contributed by atoms with Gasteiger partial charge in [-0.25, -0.2) is 4.79 Å². The summed E-state index contributed by atoms with van der Waals surface area (Å²) < 4.78 is 5.25. The van der Waals surface area contributed by atoms with Crippen molar-refractivity contribution in [3.63, 3.8) is 0 Å². The van der Waals surface area contributed by atoms with E-state index in [1.807, 2.05) is 31.2 Å². The van der Waals surface area contributed by atoms with Crippen molar-refractivity contribution in [1.29, 1.82) is 0 Å². The van der Waals surface area contributed by atoms with E-state index in [1.54, 1.807) is 6.26 Å². The summed E-state index contributed by atoms with van der Waals surface area (Å²) in [4.78, 5) is 16.6. The Morgan fingerprint density at radius 1 is 1.22 bits per heavy atom. The molecule has 5 heteroatoms. The van der Waals surface area contributed by atoms with Crippen LogP contribution >= 0.6 is 0 Å². The molecular formula is C13H13N3O2. The van der Waals surface area contributed by atoms with Crippen molar-refractivity contribution in [2.24, 2.45) is 5.73 Å². The van der Waals surface area contributed by atoms with Gasteiger partial charge in [-0.1, -0.05) is 6.07 Å². The van der Waals surface area contributed by atoms with E-state index >= 15 is 0 Å². The van der Waals surface area contributed by atoms with Crippen LogP contribution in [-0.4, -0.2) is 9.97 Å². The Hall–Kier alpha value is -2.27. The predicted octanol–water partition coefficient (Wildman–Crippen LogP) is 1.81. The predicted molar refractivity (Wildman–Crippen MR) is 68.4 cm³/mol. The molecule has 0 radical (unpaired) electrons. The van der Waals surface area contributed by atoms with Crippen LogP contribution in [-0.2, 0) is 0 Å². The lowest BCUT2D eigenvalue weighted by atomic mass is 10.00. The molecule has 2 heterocycles. The van der Waals surface area contributed by atoms with Crippen LogP contribution in [0.25, 0.3) is 11.0 Å². The number of fused-ring (bicyclic) bond motifs is 1. The van der Waals surface area contributed by atoms with Crippen molar-refractivity contribution in [2.75, 3.05) is 0 Å². The first-order valence-electron chi connectivity index (χ1n) is 5.66. The maximum atomic E-state index is 11.2. The molecule has 1 atom stereocenters. The van der Waals surface area contributed by atoms with Crippen molar-refractivity contribution in [1.82, 2.24) is 9.97 Å². The summed E-state index contributed by atoms with van der Waals surface area (Å²) in [6.45, 7) is 1.88. The van der Waals surface area contributed by atoms with Crippen LogP contribution in [0.15, 0.2) is 39.7 Å². The molecule has 0 saturated carbocycles. The standard InChI is InChI=1S/C13H13N3O2/c1-7-9(4-5-18-7)12(14)8-2-3-10-11(6-8)16-13(17)15-10/h2-6,12H,14H2,1H3,(H2,15,16,17). The number of imidazole rings is 1. The van der Waals surface area contributed by atoms with Crippen LogP contribution in [0.3, 0.4) is 0 Å². The average molecular weight is 243 g/mol. The fourth-order valence-electron chi connectivity index (χ4n) is 2.14.